The molecular formula is C48H78O19. The molecule has 67 heavy (non-hydrogen) atoms. The summed E-state index contributed by atoms with van der Waals surface area (Å²) >= 11 is 0. The van der Waals surface area contributed by atoms with Crippen LogP contribution in [0.25, 0.3) is 0 Å². The summed E-state index contributed by atoms with van der Waals surface area (Å²) in [5.74, 6) is -1.26. The molecule has 12 N–H and O–H groups in total. The molecule has 0 bridgehead atoms. The Morgan fingerprint density at radius 3 is 1.99 bits per heavy atom. The molecular weight excluding hydrogens is 881 g/mol. The summed E-state index contributed by atoms with van der Waals surface area (Å²) in [4.78, 5) is 15.0. The van der Waals surface area contributed by atoms with Gasteiger partial charge < -0.3 is 89.7 Å². The number of fused-ring (bicyclic) bond motifs is 7. The zero-order valence-corrected chi connectivity index (χ0v) is 39.6. The van der Waals surface area contributed by atoms with E-state index < -0.39 is 134 Å². The van der Waals surface area contributed by atoms with E-state index in [2.05, 4.69) is 27.4 Å². The highest BCUT2D eigenvalue weighted by Gasteiger charge is 2.74. The van der Waals surface area contributed by atoms with E-state index in [-0.39, 0.29) is 52.4 Å². The summed E-state index contributed by atoms with van der Waals surface area (Å²) in [5.41, 5.74) is -1.89. The molecule has 5 aliphatic carbocycles. The highest BCUT2D eigenvalue weighted by atomic mass is 16.8. The lowest BCUT2D eigenvalue weighted by atomic mass is 9.31. The normalized spacial score (nSPS) is 56.5. The smallest absolute Gasteiger partial charge is 0.314 e. The summed E-state index contributed by atoms with van der Waals surface area (Å²) < 4.78 is 34.6. The molecule has 0 spiro atoms. The van der Waals surface area contributed by atoms with Crippen LogP contribution in [0, 0.1) is 56.7 Å². The standard InChI is InChI=1S/C48H78O19/c1-20(2)22-8-13-48(15-14-46(6)23(29(22)48)16-24(51)39-44(4)11-10-28(52)45(5,19-50)27(44)9-12-47(39,46)7)43(61)67-42-36(59)33(56)31(54)26(65-42)18-62-40-37(60)34(57)38(25(17-49)64-40)66-41-35(58)32(55)30(53)21(3)63-41/h21-42,49-60H,1,8-19H2,2-7H3. The van der Waals surface area contributed by atoms with Crippen LogP contribution >= 0.6 is 0 Å². The first-order valence-electron chi connectivity index (χ1n) is 24.5. The number of hydrogen-bond donors (Lipinski definition) is 12. The van der Waals surface area contributed by atoms with Gasteiger partial charge in [0, 0.05) is 5.41 Å². The van der Waals surface area contributed by atoms with Crippen molar-refractivity contribution in [2.75, 3.05) is 19.8 Å². The Hall–Kier alpha value is -1.47. The van der Waals surface area contributed by atoms with Gasteiger partial charge in [0.15, 0.2) is 12.6 Å². The molecule has 27 unspecified atom stereocenters. The Morgan fingerprint density at radius 1 is 0.687 bits per heavy atom. The van der Waals surface area contributed by atoms with E-state index in [1.54, 1.807) is 0 Å². The molecule has 0 aromatic carbocycles. The lowest BCUT2D eigenvalue weighted by molar-refractivity contribution is -0.361. The molecule has 384 valence electrons. The minimum atomic E-state index is -1.88. The van der Waals surface area contributed by atoms with Crippen LogP contribution in [0.4, 0.5) is 0 Å². The van der Waals surface area contributed by atoms with Crippen LogP contribution in [0.15, 0.2) is 12.2 Å². The number of rotatable bonds is 10. The van der Waals surface area contributed by atoms with Crippen LogP contribution in [-0.2, 0) is 33.2 Å². The van der Waals surface area contributed by atoms with Gasteiger partial charge in [0.2, 0.25) is 6.29 Å². The first kappa shape index (κ1) is 51.9. The molecule has 0 radical (unpaired) electrons. The molecule has 8 fully saturated rings. The lowest BCUT2D eigenvalue weighted by Crippen LogP contribution is -2.71. The van der Waals surface area contributed by atoms with Gasteiger partial charge in [-0.3, -0.25) is 4.79 Å². The van der Waals surface area contributed by atoms with Gasteiger partial charge >= 0.3 is 5.97 Å². The molecule has 3 aliphatic heterocycles. The third-order valence-corrected chi connectivity index (χ3v) is 19.8. The fourth-order valence-corrected chi connectivity index (χ4v) is 15.8. The highest BCUT2D eigenvalue weighted by Crippen LogP contribution is 2.77. The van der Waals surface area contributed by atoms with Gasteiger partial charge in [0.1, 0.15) is 67.1 Å². The number of carbonyl (C=O) groups excluding carboxylic acids is 1. The van der Waals surface area contributed by atoms with Crippen molar-refractivity contribution >= 4 is 5.97 Å². The van der Waals surface area contributed by atoms with E-state index in [1.165, 1.54) is 6.92 Å². The summed E-state index contributed by atoms with van der Waals surface area (Å²) in [6, 6.07) is 0. The number of allylic oxidation sites excluding steroid dienone is 1. The SMILES string of the molecule is C=C(C)C1CCC2(C(=O)OC3OC(COC4OC(CO)C(OC5OC(C)C(O)C(O)C5O)C(O)C4O)C(O)C(O)C3O)CCC3(C)C(CC(O)C4C5(C)CCC(O)C(C)(CO)C5CCC43C)C12. The summed E-state index contributed by atoms with van der Waals surface area (Å²) in [6.45, 7) is 15.0. The van der Waals surface area contributed by atoms with E-state index in [4.69, 9.17) is 28.4 Å². The lowest BCUT2D eigenvalue weighted by Gasteiger charge is -2.73. The van der Waals surface area contributed by atoms with Gasteiger partial charge in [-0.05, 0) is 117 Å². The maximum absolute atomic E-state index is 15.0. The molecule has 5 saturated carbocycles. The van der Waals surface area contributed by atoms with Crippen molar-refractivity contribution < 1.29 is 94.5 Å². The Balaban J connectivity index is 0.978. The predicted molar refractivity (Wildman–Crippen MR) is 231 cm³/mol. The Labute approximate surface area is 392 Å². The third-order valence-electron chi connectivity index (χ3n) is 19.8. The van der Waals surface area contributed by atoms with Gasteiger partial charge in [-0.25, -0.2) is 0 Å². The molecule has 3 heterocycles. The van der Waals surface area contributed by atoms with E-state index >= 15 is 0 Å². The van der Waals surface area contributed by atoms with Gasteiger partial charge in [0.05, 0.1) is 43.5 Å². The van der Waals surface area contributed by atoms with E-state index in [0.717, 1.165) is 24.8 Å². The van der Waals surface area contributed by atoms with Crippen LogP contribution in [0.3, 0.4) is 0 Å². The first-order chi connectivity index (χ1) is 31.4. The van der Waals surface area contributed by atoms with Crippen molar-refractivity contribution in [1.82, 2.24) is 0 Å². The van der Waals surface area contributed by atoms with E-state index in [9.17, 15) is 66.1 Å². The molecule has 27 atom stereocenters. The molecule has 0 aromatic heterocycles. The van der Waals surface area contributed by atoms with Crippen LogP contribution in [0.2, 0.25) is 0 Å². The highest BCUT2D eigenvalue weighted by molar-refractivity contribution is 5.78. The van der Waals surface area contributed by atoms with E-state index in [0.29, 0.717) is 38.5 Å². The monoisotopic (exact) mass is 959 g/mol. The molecule has 3 saturated heterocycles. The minimum Gasteiger partial charge on any atom is -0.432 e. The second-order valence-electron chi connectivity index (χ2n) is 23.0. The van der Waals surface area contributed by atoms with Gasteiger partial charge in [-0.1, -0.05) is 39.8 Å². The van der Waals surface area contributed by atoms with Gasteiger partial charge in [-0.15, -0.1) is 0 Å². The van der Waals surface area contributed by atoms with Crippen molar-refractivity contribution in [2.24, 2.45) is 56.7 Å². The molecule has 8 aliphatic rings. The maximum Gasteiger partial charge on any atom is 0.314 e. The molecule has 0 aromatic rings. The number of carbonyl (C=O) groups is 1. The quantitative estimate of drug-likeness (QED) is 0.0920. The second-order valence-corrected chi connectivity index (χ2v) is 23.0. The zero-order valence-electron chi connectivity index (χ0n) is 39.6. The number of aliphatic hydroxyl groups is 12. The van der Waals surface area contributed by atoms with Crippen molar-refractivity contribution in [1.29, 1.82) is 0 Å². The first-order valence-corrected chi connectivity index (χ1v) is 24.5. The zero-order chi connectivity index (χ0) is 49.1. The van der Waals surface area contributed by atoms with Crippen molar-refractivity contribution in [3.8, 4) is 0 Å². The summed E-state index contributed by atoms with van der Waals surface area (Å²) in [5, 5.41) is 131. The fraction of sp³-hybridized carbons (Fsp3) is 0.938. The van der Waals surface area contributed by atoms with Crippen LogP contribution < -0.4 is 0 Å². The number of aliphatic hydroxyl groups excluding tert-OH is 12. The van der Waals surface area contributed by atoms with Gasteiger partial charge in [0.25, 0.3) is 0 Å². The number of hydrogen-bond acceptors (Lipinski definition) is 19. The second kappa shape index (κ2) is 18.5. The average molecular weight is 959 g/mol. The maximum atomic E-state index is 15.0. The number of esters is 1. The van der Waals surface area contributed by atoms with Crippen molar-refractivity contribution in [2.45, 2.75) is 204 Å². The molecule has 19 nitrogen and oxygen atoms in total. The Bertz CT molecular complexity index is 1810. The summed E-state index contributed by atoms with van der Waals surface area (Å²) in [7, 11) is 0. The van der Waals surface area contributed by atoms with Crippen LogP contribution in [-0.4, -0.2) is 191 Å². The van der Waals surface area contributed by atoms with Crippen molar-refractivity contribution in [3.05, 3.63) is 12.2 Å². The van der Waals surface area contributed by atoms with Gasteiger partial charge in [-0.2, -0.15) is 0 Å². The average Bonchev–Trinajstić information content (AvgIpc) is 3.70. The minimum absolute atomic E-state index is 0.00507. The molecule has 8 rings (SSSR count). The van der Waals surface area contributed by atoms with Crippen LogP contribution in [0.5, 0.6) is 0 Å². The molecule has 19 heteroatoms. The largest absolute Gasteiger partial charge is 0.432 e. The van der Waals surface area contributed by atoms with E-state index in [1.807, 2.05) is 13.8 Å². The summed E-state index contributed by atoms with van der Waals surface area (Å²) in [6.07, 6.45) is -20.4. The van der Waals surface area contributed by atoms with Crippen molar-refractivity contribution in [3.63, 3.8) is 0 Å². The fourth-order valence-electron chi connectivity index (χ4n) is 15.8. The Kier molecular flexibility index (Phi) is 14.4. The topological polar surface area (TPSA) is 315 Å². The number of ether oxygens (including phenoxy) is 6. The molecule has 0 amide bonds. The third kappa shape index (κ3) is 7.92. The predicted octanol–water partition coefficient (Wildman–Crippen LogP) is -1.03. The van der Waals surface area contributed by atoms with Crippen LogP contribution in [0.1, 0.15) is 99.3 Å². The Morgan fingerprint density at radius 2 is 1.33 bits per heavy atom.